The van der Waals surface area contributed by atoms with Crippen molar-refractivity contribution in [3.8, 4) is 22.9 Å². The number of aliphatic hydroxyl groups is 1. The van der Waals surface area contributed by atoms with Crippen LogP contribution in [0.15, 0.2) is 72.8 Å². The lowest BCUT2D eigenvalue weighted by atomic mass is 9.95. The van der Waals surface area contributed by atoms with E-state index in [-0.39, 0.29) is 17.7 Å². The number of hydrogen-bond acceptors (Lipinski definition) is 5. The Morgan fingerprint density at radius 3 is 2.40 bits per heavy atom. The van der Waals surface area contributed by atoms with E-state index in [1.807, 2.05) is 6.07 Å². The van der Waals surface area contributed by atoms with Crippen LogP contribution in [0.4, 0.5) is 0 Å². The Morgan fingerprint density at radius 1 is 1.06 bits per heavy atom. The topological polar surface area (TPSA) is 103 Å². The standard InChI is InChI=1S/C29H32N2O4/c1-29(2,16-6-9-21-7-4-3-5-8-21)31-19-26(32)20-35-27-17-24(14-15-25(27)18-30)22-10-12-23(13-11-22)28(33)34/h3-5,7-8,10-15,17,26,31-32H,6,9,16,19-20H2,1-2H3,(H,33,34)/t26-/m0/s1. The number of aromatic carboxylic acids is 1. The molecule has 3 N–H and O–H groups in total. The fourth-order valence-electron chi connectivity index (χ4n) is 3.83. The van der Waals surface area contributed by atoms with Crippen LogP contribution in [0, 0.1) is 11.3 Å². The molecule has 0 spiro atoms. The van der Waals surface area contributed by atoms with Crippen molar-refractivity contribution in [1.29, 1.82) is 5.26 Å². The summed E-state index contributed by atoms with van der Waals surface area (Å²) in [6.45, 7) is 4.66. The van der Waals surface area contributed by atoms with Gasteiger partial charge >= 0.3 is 5.97 Å². The highest BCUT2D eigenvalue weighted by Crippen LogP contribution is 2.27. The number of β-amino-alcohol motifs (C(OH)–C–C–N with tert-alkyl or cyclic N) is 1. The van der Waals surface area contributed by atoms with Gasteiger partial charge in [-0.05, 0) is 74.1 Å². The summed E-state index contributed by atoms with van der Waals surface area (Å²) in [5.74, 6) is -0.601. The van der Waals surface area contributed by atoms with E-state index in [0.717, 1.165) is 30.4 Å². The van der Waals surface area contributed by atoms with E-state index < -0.39 is 12.1 Å². The van der Waals surface area contributed by atoms with Crippen molar-refractivity contribution in [2.24, 2.45) is 0 Å². The maximum atomic E-state index is 11.1. The van der Waals surface area contributed by atoms with Crippen LogP contribution in [0.3, 0.4) is 0 Å². The molecule has 0 radical (unpaired) electrons. The number of nitrogens with zero attached hydrogens (tertiary/aromatic N) is 1. The maximum absolute atomic E-state index is 11.1. The molecule has 0 amide bonds. The number of ether oxygens (including phenoxy) is 1. The molecule has 3 rings (SSSR count). The number of aryl methyl sites for hydroxylation is 1. The second-order valence-electron chi connectivity index (χ2n) is 9.27. The Labute approximate surface area is 206 Å². The second kappa shape index (κ2) is 12.2. The SMILES string of the molecule is CC(C)(CCCc1ccccc1)NC[C@H](O)COc1cc(-c2ccc(C(=O)O)cc2)ccc1C#N. The summed E-state index contributed by atoms with van der Waals surface area (Å²) in [4.78, 5) is 11.1. The Morgan fingerprint density at radius 2 is 1.74 bits per heavy atom. The van der Waals surface area contributed by atoms with Gasteiger partial charge in [0.05, 0.1) is 11.1 Å². The smallest absolute Gasteiger partial charge is 0.335 e. The van der Waals surface area contributed by atoms with Gasteiger partial charge < -0.3 is 20.3 Å². The van der Waals surface area contributed by atoms with Gasteiger partial charge in [-0.1, -0.05) is 48.5 Å². The first kappa shape index (κ1) is 26.0. The van der Waals surface area contributed by atoms with Crippen molar-refractivity contribution in [3.63, 3.8) is 0 Å². The van der Waals surface area contributed by atoms with Crippen LogP contribution < -0.4 is 10.1 Å². The van der Waals surface area contributed by atoms with Crippen LogP contribution in [0.2, 0.25) is 0 Å². The Hall–Kier alpha value is -3.66. The van der Waals surface area contributed by atoms with E-state index >= 15 is 0 Å². The molecule has 6 nitrogen and oxygen atoms in total. The zero-order chi connectivity index (χ0) is 25.3. The van der Waals surface area contributed by atoms with Gasteiger partial charge in [-0.25, -0.2) is 4.79 Å². The van der Waals surface area contributed by atoms with Crippen LogP contribution in [0.25, 0.3) is 11.1 Å². The molecule has 35 heavy (non-hydrogen) atoms. The van der Waals surface area contributed by atoms with E-state index in [4.69, 9.17) is 9.84 Å². The number of hydrogen-bond donors (Lipinski definition) is 3. The largest absolute Gasteiger partial charge is 0.489 e. The molecule has 3 aromatic carbocycles. The fraction of sp³-hybridized carbons (Fsp3) is 0.310. The quantitative estimate of drug-likeness (QED) is 0.341. The Bertz CT molecular complexity index is 1150. The van der Waals surface area contributed by atoms with E-state index in [1.54, 1.807) is 30.3 Å². The first-order chi connectivity index (χ1) is 16.8. The van der Waals surface area contributed by atoms with Gasteiger partial charge in [0, 0.05) is 12.1 Å². The van der Waals surface area contributed by atoms with Gasteiger partial charge in [0.25, 0.3) is 0 Å². The number of carboxylic acids is 1. The van der Waals surface area contributed by atoms with Gasteiger partial charge in [0.15, 0.2) is 0 Å². The molecule has 0 aromatic heterocycles. The van der Waals surface area contributed by atoms with Gasteiger partial charge in [-0.3, -0.25) is 0 Å². The number of carboxylic acid groups (broad SMARTS) is 1. The highest BCUT2D eigenvalue weighted by atomic mass is 16.5. The van der Waals surface area contributed by atoms with Gasteiger partial charge in [0.1, 0.15) is 24.5 Å². The van der Waals surface area contributed by atoms with E-state index in [9.17, 15) is 15.2 Å². The molecule has 6 heteroatoms. The van der Waals surface area contributed by atoms with Crippen molar-refractivity contribution >= 4 is 5.97 Å². The minimum absolute atomic E-state index is 0.0448. The molecule has 0 saturated carbocycles. The van der Waals surface area contributed by atoms with Crippen LogP contribution in [-0.4, -0.2) is 41.0 Å². The number of nitrogens with one attached hydrogen (secondary N) is 1. The van der Waals surface area contributed by atoms with Crippen molar-refractivity contribution in [1.82, 2.24) is 5.32 Å². The third kappa shape index (κ3) is 7.96. The first-order valence-electron chi connectivity index (χ1n) is 11.7. The fourth-order valence-corrected chi connectivity index (χ4v) is 3.83. The molecule has 0 unspecified atom stereocenters. The van der Waals surface area contributed by atoms with Crippen LogP contribution in [0.1, 0.15) is 48.2 Å². The number of benzene rings is 3. The third-order valence-corrected chi connectivity index (χ3v) is 5.92. The number of rotatable bonds is 12. The van der Waals surface area contributed by atoms with E-state index in [0.29, 0.717) is 17.9 Å². The molecular weight excluding hydrogens is 440 g/mol. The summed E-state index contributed by atoms with van der Waals surface area (Å²) in [6.07, 6.45) is 2.29. The van der Waals surface area contributed by atoms with Crippen molar-refractivity contribution in [2.75, 3.05) is 13.2 Å². The lowest BCUT2D eigenvalue weighted by Gasteiger charge is -2.28. The Balaban J connectivity index is 1.52. The lowest BCUT2D eigenvalue weighted by molar-refractivity contribution is 0.0697. The zero-order valence-corrected chi connectivity index (χ0v) is 20.2. The molecule has 0 heterocycles. The predicted molar refractivity (Wildman–Crippen MR) is 137 cm³/mol. The summed E-state index contributed by atoms with van der Waals surface area (Å²) < 4.78 is 5.81. The van der Waals surface area contributed by atoms with Crippen molar-refractivity contribution in [3.05, 3.63) is 89.5 Å². The molecule has 3 aromatic rings. The normalized spacial score (nSPS) is 12.1. The van der Waals surface area contributed by atoms with Gasteiger partial charge in [0.2, 0.25) is 0 Å². The summed E-state index contributed by atoms with van der Waals surface area (Å²) in [5.41, 5.74) is 3.38. The number of carbonyl (C=O) groups is 1. The summed E-state index contributed by atoms with van der Waals surface area (Å²) in [7, 11) is 0. The van der Waals surface area contributed by atoms with Gasteiger partial charge in [-0.2, -0.15) is 5.26 Å². The molecular formula is C29H32N2O4. The predicted octanol–water partition coefficient (Wildman–Crippen LogP) is 5.05. The van der Waals surface area contributed by atoms with Crippen molar-refractivity contribution in [2.45, 2.75) is 44.8 Å². The molecule has 0 fully saturated rings. The average Bonchev–Trinajstić information content (AvgIpc) is 2.86. The number of nitriles is 1. The molecule has 0 aliphatic rings. The monoisotopic (exact) mass is 472 g/mol. The molecule has 1 atom stereocenters. The minimum atomic E-state index is -0.984. The summed E-state index contributed by atoms with van der Waals surface area (Å²) in [6, 6.07) is 24.2. The minimum Gasteiger partial charge on any atom is -0.489 e. The van der Waals surface area contributed by atoms with E-state index in [1.165, 1.54) is 17.7 Å². The molecule has 0 saturated heterocycles. The van der Waals surface area contributed by atoms with Crippen LogP contribution in [-0.2, 0) is 6.42 Å². The van der Waals surface area contributed by atoms with Crippen molar-refractivity contribution < 1.29 is 19.7 Å². The molecule has 0 aliphatic carbocycles. The highest BCUT2D eigenvalue weighted by Gasteiger charge is 2.19. The maximum Gasteiger partial charge on any atom is 0.335 e. The summed E-state index contributed by atoms with van der Waals surface area (Å²) in [5, 5.41) is 32.4. The van der Waals surface area contributed by atoms with Gasteiger partial charge in [-0.15, -0.1) is 0 Å². The molecule has 182 valence electrons. The molecule has 0 aliphatic heterocycles. The third-order valence-electron chi connectivity index (χ3n) is 5.92. The zero-order valence-electron chi connectivity index (χ0n) is 20.2. The molecule has 0 bridgehead atoms. The van der Waals surface area contributed by atoms with E-state index in [2.05, 4.69) is 49.5 Å². The van der Waals surface area contributed by atoms with Crippen LogP contribution in [0.5, 0.6) is 5.75 Å². The highest BCUT2D eigenvalue weighted by molar-refractivity contribution is 5.88. The summed E-state index contributed by atoms with van der Waals surface area (Å²) >= 11 is 0. The lowest BCUT2D eigenvalue weighted by Crippen LogP contribution is -2.44. The van der Waals surface area contributed by atoms with Crippen LogP contribution >= 0.6 is 0 Å². The number of aliphatic hydroxyl groups excluding tert-OH is 1. The second-order valence-corrected chi connectivity index (χ2v) is 9.27. The average molecular weight is 473 g/mol. The first-order valence-corrected chi connectivity index (χ1v) is 11.7. The Kier molecular flexibility index (Phi) is 9.02.